The van der Waals surface area contributed by atoms with Crippen LogP contribution in [0, 0.1) is 0 Å². The molecule has 0 unspecified atom stereocenters. The standard InChI is InChI=1S/C10H8N2O4/c1-12-9(15)6-2-5(4-13)8(14)3-7(6)11-10(12)16/h2-4,14H,1H3,(H,11,16). The maximum absolute atomic E-state index is 11.7. The van der Waals surface area contributed by atoms with Crippen molar-refractivity contribution in [3.05, 3.63) is 38.5 Å². The molecule has 0 aliphatic carbocycles. The third kappa shape index (κ3) is 1.31. The van der Waals surface area contributed by atoms with Crippen LogP contribution in [0.3, 0.4) is 0 Å². The van der Waals surface area contributed by atoms with Gasteiger partial charge in [-0.15, -0.1) is 0 Å². The number of carbonyl (C=O) groups excluding carboxylic acids is 1. The van der Waals surface area contributed by atoms with E-state index in [1.807, 2.05) is 0 Å². The number of aromatic nitrogens is 2. The van der Waals surface area contributed by atoms with Crippen LogP contribution < -0.4 is 11.2 Å². The number of nitrogens with one attached hydrogen (secondary N) is 1. The third-order valence-electron chi connectivity index (χ3n) is 2.38. The number of phenolic OH excluding ortho intramolecular Hbond substituents is 1. The largest absolute Gasteiger partial charge is 0.507 e. The average Bonchev–Trinajstić information content (AvgIpc) is 2.26. The highest BCUT2D eigenvalue weighted by molar-refractivity contribution is 5.89. The fourth-order valence-corrected chi connectivity index (χ4v) is 1.45. The number of aromatic amines is 1. The second-order valence-corrected chi connectivity index (χ2v) is 3.37. The molecule has 0 radical (unpaired) electrons. The van der Waals surface area contributed by atoms with Gasteiger partial charge in [0.05, 0.1) is 16.5 Å². The van der Waals surface area contributed by atoms with E-state index in [9.17, 15) is 19.5 Å². The lowest BCUT2D eigenvalue weighted by atomic mass is 10.1. The Morgan fingerprint density at radius 1 is 1.38 bits per heavy atom. The van der Waals surface area contributed by atoms with Crippen LogP contribution in [0.15, 0.2) is 21.7 Å². The Balaban J connectivity index is 3.04. The lowest BCUT2D eigenvalue weighted by Gasteiger charge is -2.03. The Bertz CT molecular complexity index is 696. The van der Waals surface area contributed by atoms with Gasteiger partial charge in [-0.05, 0) is 6.07 Å². The van der Waals surface area contributed by atoms with Crippen molar-refractivity contribution in [2.45, 2.75) is 0 Å². The number of benzene rings is 1. The lowest BCUT2D eigenvalue weighted by molar-refractivity contribution is 0.112. The first-order chi connectivity index (χ1) is 7.54. The number of nitrogens with zero attached hydrogens (tertiary/aromatic N) is 1. The van der Waals surface area contributed by atoms with Crippen LogP contribution >= 0.6 is 0 Å². The topological polar surface area (TPSA) is 92.2 Å². The Kier molecular flexibility index (Phi) is 2.12. The van der Waals surface area contributed by atoms with Crippen LogP contribution in [0.25, 0.3) is 10.9 Å². The summed E-state index contributed by atoms with van der Waals surface area (Å²) in [5.74, 6) is -0.272. The fraction of sp³-hybridized carbons (Fsp3) is 0.100. The van der Waals surface area contributed by atoms with E-state index < -0.39 is 11.2 Å². The van der Waals surface area contributed by atoms with Crippen molar-refractivity contribution in [1.29, 1.82) is 0 Å². The first-order valence-electron chi connectivity index (χ1n) is 4.46. The van der Waals surface area contributed by atoms with Crippen LogP contribution in [-0.2, 0) is 7.05 Å². The van der Waals surface area contributed by atoms with Crippen molar-refractivity contribution in [3.8, 4) is 5.75 Å². The van der Waals surface area contributed by atoms with E-state index >= 15 is 0 Å². The highest BCUT2D eigenvalue weighted by Crippen LogP contribution is 2.19. The van der Waals surface area contributed by atoms with Gasteiger partial charge in [-0.2, -0.15) is 0 Å². The van der Waals surface area contributed by atoms with Gasteiger partial charge in [-0.25, -0.2) is 4.79 Å². The lowest BCUT2D eigenvalue weighted by Crippen LogP contribution is -2.32. The molecule has 0 spiro atoms. The number of aromatic hydroxyl groups is 1. The second kappa shape index (κ2) is 3.34. The minimum Gasteiger partial charge on any atom is -0.507 e. The number of hydrogen-bond donors (Lipinski definition) is 2. The predicted octanol–water partition coefficient (Wildman–Crippen LogP) is -0.255. The number of H-pyrrole nitrogens is 1. The Morgan fingerprint density at radius 3 is 2.69 bits per heavy atom. The second-order valence-electron chi connectivity index (χ2n) is 3.37. The first-order valence-corrected chi connectivity index (χ1v) is 4.46. The monoisotopic (exact) mass is 220 g/mol. The normalized spacial score (nSPS) is 10.6. The van der Waals surface area contributed by atoms with Gasteiger partial charge < -0.3 is 10.1 Å². The smallest absolute Gasteiger partial charge is 0.328 e. The van der Waals surface area contributed by atoms with E-state index in [0.717, 1.165) is 4.57 Å². The van der Waals surface area contributed by atoms with Crippen LogP contribution in [0.5, 0.6) is 5.75 Å². The summed E-state index contributed by atoms with van der Waals surface area (Å²) < 4.78 is 0.897. The minimum absolute atomic E-state index is 0.0108. The SMILES string of the molecule is Cn1c(=O)[nH]c2cc(O)c(C=O)cc2c1=O. The molecule has 0 fully saturated rings. The van der Waals surface area contributed by atoms with Gasteiger partial charge in [0.25, 0.3) is 5.56 Å². The molecule has 0 saturated heterocycles. The summed E-state index contributed by atoms with van der Waals surface area (Å²) in [7, 11) is 1.33. The first kappa shape index (κ1) is 10.2. The zero-order chi connectivity index (χ0) is 11.9. The molecular weight excluding hydrogens is 212 g/mol. The Hall–Kier alpha value is -2.37. The molecule has 0 bridgehead atoms. The minimum atomic E-state index is -0.573. The molecular formula is C10H8N2O4. The van der Waals surface area contributed by atoms with Crippen molar-refractivity contribution in [3.63, 3.8) is 0 Å². The van der Waals surface area contributed by atoms with E-state index in [-0.39, 0.29) is 22.2 Å². The van der Waals surface area contributed by atoms with Crippen molar-refractivity contribution >= 4 is 17.2 Å². The molecule has 6 nitrogen and oxygen atoms in total. The van der Waals surface area contributed by atoms with Crippen LogP contribution in [0.1, 0.15) is 10.4 Å². The molecule has 2 rings (SSSR count). The van der Waals surface area contributed by atoms with Crippen molar-refractivity contribution in [2.24, 2.45) is 7.05 Å². The molecule has 0 amide bonds. The van der Waals surface area contributed by atoms with Gasteiger partial charge in [-0.1, -0.05) is 0 Å². The molecule has 2 aromatic rings. The van der Waals surface area contributed by atoms with Crippen molar-refractivity contribution < 1.29 is 9.90 Å². The van der Waals surface area contributed by atoms with Gasteiger partial charge in [0.2, 0.25) is 0 Å². The Morgan fingerprint density at radius 2 is 2.06 bits per heavy atom. The molecule has 6 heteroatoms. The van der Waals surface area contributed by atoms with Crippen LogP contribution in [-0.4, -0.2) is 20.9 Å². The summed E-state index contributed by atoms with van der Waals surface area (Å²) in [6, 6.07) is 2.43. The summed E-state index contributed by atoms with van der Waals surface area (Å²) in [6.07, 6.45) is 0.444. The summed E-state index contributed by atoms with van der Waals surface area (Å²) in [6.45, 7) is 0. The van der Waals surface area contributed by atoms with E-state index in [2.05, 4.69) is 4.98 Å². The molecule has 0 atom stereocenters. The molecule has 1 heterocycles. The fourth-order valence-electron chi connectivity index (χ4n) is 1.45. The highest BCUT2D eigenvalue weighted by atomic mass is 16.3. The van der Waals surface area contributed by atoms with E-state index in [4.69, 9.17) is 0 Å². The number of phenols is 1. The van der Waals surface area contributed by atoms with Gasteiger partial charge in [0.15, 0.2) is 6.29 Å². The quantitative estimate of drug-likeness (QED) is 0.648. The van der Waals surface area contributed by atoms with Gasteiger partial charge >= 0.3 is 5.69 Å². The molecule has 1 aromatic carbocycles. The average molecular weight is 220 g/mol. The van der Waals surface area contributed by atoms with Crippen molar-refractivity contribution in [1.82, 2.24) is 9.55 Å². The summed E-state index contributed by atoms with van der Waals surface area (Å²) >= 11 is 0. The summed E-state index contributed by atoms with van der Waals surface area (Å²) in [5, 5.41) is 9.58. The Labute approximate surface area is 88.8 Å². The van der Waals surface area contributed by atoms with Crippen LogP contribution in [0.2, 0.25) is 0 Å². The molecule has 2 N–H and O–H groups in total. The molecule has 0 aliphatic heterocycles. The molecule has 0 saturated carbocycles. The van der Waals surface area contributed by atoms with Gasteiger partial charge in [0.1, 0.15) is 5.75 Å². The van der Waals surface area contributed by atoms with Crippen LogP contribution in [0.4, 0.5) is 0 Å². The highest BCUT2D eigenvalue weighted by Gasteiger charge is 2.08. The third-order valence-corrected chi connectivity index (χ3v) is 2.38. The maximum Gasteiger partial charge on any atom is 0.328 e. The molecule has 82 valence electrons. The molecule has 0 aliphatic rings. The van der Waals surface area contributed by atoms with Gasteiger partial charge in [-0.3, -0.25) is 14.2 Å². The molecule has 1 aromatic heterocycles. The van der Waals surface area contributed by atoms with Crippen molar-refractivity contribution in [2.75, 3.05) is 0 Å². The van der Waals surface area contributed by atoms with E-state index in [1.54, 1.807) is 0 Å². The number of aldehydes is 1. The van der Waals surface area contributed by atoms with E-state index in [0.29, 0.717) is 6.29 Å². The zero-order valence-corrected chi connectivity index (χ0v) is 8.35. The number of hydrogen-bond acceptors (Lipinski definition) is 4. The van der Waals surface area contributed by atoms with Gasteiger partial charge in [0, 0.05) is 13.1 Å². The van der Waals surface area contributed by atoms with E-state index in [1.165, 1.54) is 19.2 Å². The number of rotatable bonds is 1. The predicted molar refractivity (Wildman–Crippen MR) is 56.9 cm³/mol. The number of carbonyl (C=O) groups is 1. The summed E-state index contributed by atoms with van der Waals surface area (Å²) in [5.41, 5.74) is -0.870. The zero-order valence-electron chi connectivity index (χ0n) is 8.35. The molecule has 16 heavy (non-hydrogen) atoms. The number of fused-ring (bicyclic) bond motifs is 1. The maximum atomic E-state index is 11.7. The summed E-state index contributed by atoms with van der Waals surface area (Å²) in [4.78, 5) is 36.0.